The first-order valence-corrected chi connectivity index (χ1v) is 13.8. The molecule has 0 aliphatic carbocycles. The van der Waals surface area contributed by atoms with E-state index < -0.39 is 59.6 Å². The Morgan fingerprint density at radius 1 is 1.24 bits per heavy atom. The van der Waals surface area contributed by atoms with Crippen molar-refractivity contribution in [3.8, 4) is 5.75 Å². The van der Waals surface area contributed by atoms with Gasteiger partial charge in [0.05, 0.1) is 25.3 Å². The van der Waals surface area contributed by atoms with Crippen molar-refractivity contribution in [1.82, 2.24) is 5.32 Å². The van der Waals surface area contributed by atoms with Crippen molar-refractivity contribution >= 4 is 35.3 Å². The van der Waals surface area contributed by atoms with E-state index in [-0.39, 0.29) is 17.9 Å². The fraction of sp³-hybridized carbons (Fsp3) is 0.552. The standard InChI is InChI=1S/C29H37ClN2O9/c1-15-8-7-9-22(38-6)29(36)14-21(40-27(35)32-29)16(2)26-28(4,41-26)23(39-17(3)33)13-24(34)31-19-11-18(10-15)12-20(37-5)25(19)30/h7-9,11-12,16,21-23,26,36H,10,13-14H2,1-6H3,(H,31,34)(H,32,35). The quantitative estimate of drug-likeness (QED) is 0.353. The Hall–Kier alpha value is -3.12. The monoisotopic (exact) mass is 592 g/mol. The Bertz CT molecular complexity index is 1270. The molecule has 3 aliphatic rings. The van der Waals surface area contributed by atoms with Gasteiger partial charge in [-0.15, -0.1) is 0 Å². The molecule has 12 heteroatoms. The molecule has 0 aromatic heterocycles. The third-order valence-corrected chi connectivity index (χ3v) is 8.22. The summed E-state index contributed by atoms with van der Waals surface area (Å²) in [5.41, 5.74) is -0.681. The number of nitrogens with one attached hydrogen (secondary N) is 2. The van der Waals surface area contributed by atoms with Gasteiger partial charge < -0.3 is 34.1 Å². The molecule has 3 aliphatic heterocycles. The van der Waals surface area contributed by atoms with Crippen LogP contribution in [-0.4, -0.2) is 73.0 Å². The summed E-state index contributed by atoms with van der Waals surface area (Å²) in [7, 11) is 2.93. The summed E-state index contributed by atoms with van der Waals surface area (Å²) in [5, 5.41) is 17.0. The molecule has 0 saturated carbocycles. The van der Waals surface area contributed by atoms with Crippen molar-refractivity contribution in [1.29, 1.82) is 0 Å². The molecular weight excluding hydrogens is 556 g/mol. The number of amides is 2. The number of halogens is 1. The number of methoxy groups -OCH3 is 2. The van der Waals surface area contributed by atoms with Crippen LogP contribution < -0.4 is 15.4 Å². The molecular formula is C29H37ClN2O9. The third kappa shape index (κ3) is 6.69. The van der Waals surface area contributed by atoms with E-state index in [9.17, 15) is 19.5 Å². The van der Waals surface area contributed by atoms with Gasteiger partial charge in [0.25, 0.3) is 0 Å². The summed E-state index contributed by atoms with van der Waals surface area (Å²) in [6, 6.07) is 3.54. The van der Waals surface area contributed by atoms with Crippen LogP contribution in [0.25, 0.3) is 0 Å². The van der Waals surface area contributed by atoms with E-state index in [1.165, 1.54) is 21.1 Å². The van der Waals surface area contributed by atoms with Crippen molar-refractivity contribution < 1.29 is 43.2 Å². The number of ether oxygens (including phenoxy) is 5. The van der Waals surface area contributed by atoms with Crippen molar-refractivity contribution in [2.45, 2.75) is 82.7 Å². The van der Waals surface area contributed by atoms with Gasteiger partial charge in [0.1, 0.15) is 34.7 Å². The molecule has 3 heterocycles. The minimum Gasteiger partial charge on any atom is -0.495 e. The summed E-state index contributed by atoms with van der Waals surface area (Å²) >= 11 is 6.53. The van der Waals surface area contributed by atoms with Gasteiger partial charge in [-0.25, -0.2) is 4.79 Å². The molecule has 11 nitrogen and oxygen atoms in total. The van der Waals surface area contributed by atoms with E-state index in [0.29, 0.717) is 17.9 Å². The van der Waals surface area contributed by atoms with Crippen LogP contribution in [0.3, 0.4) is 0 Å². The van der Waals surface area contributed by atoms with Gasteiger partial charge >= 0.3 is 12.1 Å². The summed E-state index contributed by atoms with van der Waals surface area (Å²) in [6.45, 7) is 6.73. The predicted molar refractivity (Wildman–Crippen MR) is 150 cm³/mol. The van der Waals surface area contributed by atoms with Gasteiger partial charge in [-0.1, -0.05) is 42.3 Å². The maximum atomic E-state index is 13.2. The second kappa shape index (κ2) is 12.0. The zero-order valence-corrected chi connectivity index (χ0v) is 24.7. The van der Waals surface area contributed by atoms with Gasteiger partial charge in [0, 0.05) is 26.4 Å². The van der Waals surface area contributed by atoms with Crippen LogP contribution in [0.1, 0.15) is 46.1 Å². The smallest absolute Gasteiger partial charge is 0.409 e. The summed E-state index contributed by atoms with van der Waals surface area (Å²) in [6.07, 6.45) is 1.61. The van der Waals surface area contributed by atoms with E-state index in [1.807, 2.05) is 19.9 Å². The summed E-state index contributed by atoms with van der Waals surface area (Å²) < 4.78 is 28.1. The zero-order valence-electron chi connectivity index (χ0n) is 24.0. The second-order valence-electron chi connectivity index (χ2n) is 11.0. The number of carbonyl (C=O) groups excluding carboxylic acids is 3. The van der Waals surface area contributed by atoms with Crippen LogP contribution in [0.5, 0.6) is 5.75 Å². The van der Waals surface area contributed by atoms with E-state index in [1.54, 1.807) is 31.2 Å². The van der Waals surface area contributed by atoms with Crippen molar-refractivity contribution in [2.75, 3.05) is 19.5 Å². The van der Waals surface area contributed by atoms with Crippen molar-refractivity contribution in [3.63, 3.8) is 0 Å². The molecule has 2 fully saturated rings. The molecule has 1 aromatic rings. The van der Waals surface area contributed by atoms with Crippen LogP contribution in [0.4, 0.5) is 10.5 Å². The van der Waals surface area contributed by atoms with Crippen molar-refractivity contribution in [2.24, 2.45) is 5.92 Å². The molecule has 7 unspecified atom stereocenters. The molecule has 4 rings (SSSR count). The fourth-order valence-corrected chi connectivity index (χ4v) is 5.84. The summed E-state index contributed by atoms with van der Waals surface area (Å²) in [5.74, 6) is -1.06. The number of rotatable bonds is 3. The Labute approximate surface area is 244 Å². The van der Waals surface area contributed by atoms with E-state index in [4.69, 9.17) is 35.3 Å². The lowest BCUT2D eigenvalue weighted by molar-refractivity contribution is -0.151. The first-order valence-electron chi connectivity index (χ1n) is 13.4. The number of aliphatic hydroxyl groups is 1. The van der Waals surface area contributed by atoms with Gasteiger partial charge in [-0.2, -0.15) is 0 Å². The third-order valence-electron chi connectivity index (χ3n) is 7.83. The first-order chi connectivity index (χ1) is 19.3. The van der Waals surface area contributed by atoms with Crippen LogP contribution in [0, 0.1) is 5.92 Å². The summed E-state index contributed by atoms with van der Waals surface area (Å²) in [4.78, 5) is 37.8. The Balaban J connectivity index is 1.75. The molecule has 7 atom stereocenters. The van der Waals surface area contributed by atoms with Crippen LogP contribution in [0.2, 0.25) is 5.02 Å². The van der Waals surface area contributed by atoms with E-state index >= 15 is 0 Å². The highest BCUT2D eigenvalue weighted by molar-refractivity contribution is 6.35. The average molecular weight is 593 g/mol. The molecule has 41 heavy (non-hydrogen) atoms. The number of fused-ring (bicyclic) bond motifs is 5. The molecule has 4 bridgehead atoms. The minimum atomic E-state index is -1.76. The number of alkyl carbamates (subject to hydrolysis) is 1. The number of anilines is 1. The number of epoxide rings is 1. The fourth-order valence-electron chi connectivity index (χ4n) is 5.61. The van der Waals surface area contributed by atoms with Gasteiger partial charge in [-0.3, -0.25) is 14.9 Å². The minimum absolute atomic E-state index is 0.00420. The largest absolute Gasteiger partial charge is 0.495 e. The topological polar surface area (TPSA) is 145 Å². The Kier molecular flexibility index (Phi) is 9.03. The molecule has 3 N–H and O–H groups in total. The molecule has 0 spiro atoms. The number of allylic oxidation sites excluding steroid dienone is 3. The number of hydrogen-bond donors (Lipinski definition) is 3. The highest BCUT2D eigenvalue weighted by Crippen LogP contribution is 2.49. The molecule has 0 radical (unpaired) electrons. The van der Waals surface area contributed by atoms with Crippen LogP contribution in [-0.2, 0) is 35.0 Å². The first kappa shape index (κ1) is 30.8. The Morgan fingerprint density at radius 2 is 1.98 bits per heavy atom. The number of benzene rings is 1. The predicted octanol–water partition coefficient (Wildman–Crippen LogP) is 3.66. The maximum absolute atomic E-state index is 13.2. The van der Waals surface area contributed by atoms with E-state index in [2.05, 4.69) is 10.6 Å². The normalized spacial score (nSPS) is 33.9. The van der Waals surface area contributed by atoms with Crippen LogP contribution in [0.15, 0.2) is 35.9 Å². The highest BCUT2D eigenvalue weighted by Gasteiger charge is 2.64. The molecule has 2 saturated heterocycles. The average Bonchev–Trinajstić information content (AvgIpc) is 3.58. The lowest BCUT2D eigenvalue weighted by atomic mass is 9.83. The molecule has 2 amide bonds. The van der Waals surface area contributed by atoms with Gasteiger partial charge in [0.15, 0.2) is 5.72 Å². The van der Waals surface area contributed by atoms with E-state index in [0.717, 1.165) is 11.1 Å². The highest BCUT2D eigenvalue weighted by atomic mass is 35.5. The number of esters is 1. The number of hydrogen-bond acceptors (Lipinski definition) is 9. The molecule has 1 aromatic carbocycles. The lowest BCUT2D eigenvalue weighted by Gasteiger charge is -2.42. The van der Waals surface area contributed by atoms with Crippen molar-refractivity contribution in [3.05, 3.63) is 46.5 Å². The Morgan fingerprint density at radius 3 is 2.63 bits per heavy atom. The molecule has 224 valence electrons. The maximum Gasteiger partial charge on any atom is 0.409 e. The zero-order chi connectivity index (χ0) is 30.1. The second-order valence-corrected chi connectivity index (χ2v) is 11.4. The lowest BCUT2D eigenvalue weighted by Crippen LogP contribution is -2.63. The SMILES string of the molecule is COc1cc2cc(c1Cl)NC(=O)CC(OC(C)=O)C1(C)OC1C(C)C1CC(O)(NC(=O)O1)C(OC)C=CC=C(C)C2. The number of carbonyl (C=O) groups is 3. The van der Waals surface area contributed by atoms with Gasteiger partial charge in [0.2, 0.25) is 5.91 Å². The van der Waals surface area contributed by atoms with Gasteiger partial charge in [-0.05, 0) is 38.0 Å². The van der Waals surface area contributed by atoms with Crippen LogP contribution >= 0.6 is 11.6 Å².